The highest BCUT2D eigenvalue weighted by Crippen LogP contribution is 2.04. The Balaban J connectivity index is 3.20. The summed E-state index contributed by atoms with van der Waals surface area (Å²) < 4.78 is 21.2. The van der Waals surface area contributed by atoms with E-state index >= 15 is 0 Å². The zero-order valence-corrected chi connectivity index (χ0v) is 6.80. The van der Waals surface area contributed by atoms with Gasteiger partial charge in [-0.15, -0.1) is 10.2 Å². The monoisotopic (exact) mass is 193 g/mol. The second-order valence-corrected chi connectivity index (χ2v) is 3.63. The lowest BCUT2D eigenvalue weighted by Gasteiger charge is -1.93. The lowest BCUT2D eigenvalue weighted by atomic mass is 10.6. The van der Waals surface area contributed by atoms with Crippen molar-refractivity contribution in [1.82, 2.24) is 10.2 Å². The first-order chi connectivity index (χ1) is 5.00. The van der Waals surface area contributed by atoms with Gasteiger partial charge in [0.15, 0.2) is 10.2 Å². The van der Waals surface area contributed by atoms with Gasteiger partial charge in [0, 0.05) is 0 Å². The van der Waals surface area contributed by atoms with E-state index in [0.29, 0.717) is 0 Å². The van der Waals surface area contributed by atoms with Crippen LogP contribution in [0.15, 0.2) is 17.2 Å². The van der Waals surface area contributed by atoms with Crippen molar-refractivity contribution in [3.05, 3.63) is 17.3 Å². The molecule has 1 aromatic rings. The second kappa shape index (κ2) is 2.72. The fourth-order valence-electron chi connectivity index (χ4n) is 0.456. The molecule has 0 bridgehead atoms. The zero-order valence-electron chi connectivity index (χ0n) is 5.23. The van der Waals surface area contributed by atoms with Gasteiger partial charge in [0.25, 0.3) is 10.0 Å². The van der Waals surface area contributed by atoms with Crippen LogP contribution in [-0.2, 0) is 10.0 Å². The normalized spacial score (nSPS) is 11.5. The maximum absolute atomic E-state index is 10.6. The quantitative estimate of drug-likeness (QED) is 0.668. The van der Waals surface area contributed by atoms with Crippen molar-refractivity contribution in [2.75, 3.05) is 0 Å². The van der Waals surface area contributed by atoms with Crippen molar-refractivity contribution in [1.29, 1.82) is 0 Å². The molecule has 0 unspecified atom stereocenters. The number of sulfonamides is 1. The molecule has 1 heterocycles. The third-order valence-corrected chi connectivity index (χ3v) is 1.90. The summed E-state index contributed by atoms with van der Waals surface area (Å²) in [6.07, 6.45) is 0. The van der Waals surface area contributed by atoms with Crippen molar-refractivity contribution in [3.8, 4) is 0 Å². The molecule has 0 aromatic carbocycles. The van der Waals surface area contributed by atoms with E-state index in [4.69, 9.17) is 16.7 Å². The minimum atomic E-state index is -3.75. The summed E-state index contributed by atoms with van der Waals surface area (Å²) in [5.41, 5.74) is 0. The molecule has 0 saturated heterocycles. The molecule has 60 valence electrons. The van der Waals surface area contributed by atoms with Crippen LogP contribution < -0.4 is 5.14 Å². The average Bonchev–Trinajstić information content (AvgIpc) is 1.86. The van der Waals surface area contributed by atoms with Crippen LogP contribution in [-0.4, -0.2) is 18.6 Å². The fraction of sp³-hybridized carbons (Fsp3) is 0. The average molecular weight is 194 g/mol. The number of nitrogens with zero attached hydrogens (tertiary/aromatic N) is 2. The van der Waals surface area contributed by atoms with Crippen LogP contribution in [0, 0.1) is 0 Å². The summed E-state index contributed by atoms with van der Waals surface area (Å²) in [5, 5.41) is 11.1. The fourth-order valence-corrected chi connectivity index (χ4v) is 0.969. The van der Waals surface area contributed by atoms with Gasteiger partial charge in [-0.25, -0.2) is 13.6 Å². The lowest BCUT2D eigenvalue weighted by molar-refractivity contribution is 0.592. The molecule has 0 atom stereocenters. The Hall–Kier alpha value is -0.720. The van der Waals surface area contributed by atoms with Gasteiger partial charge in [-0.3, -0.25) is 0 Å². The predicted octanol–water partition coefficient (Wildman–Crippen LogP) is -0.223. The molecule has 7 heteroatoms. The van der Waals surface area contributed by atoms with E-state index in [9.17, 15) is 8.42 Å². The second-order valence-electron chi connectivity index (χ2n) is 1.74. The highest BCUT2D eigenvalue weighted by atomic mass is 35.5. The topological polar surface area (TPSA) is 85.9 Å². The van der Waals surface area contributed by atoms with Crippen molar-refractivity contribution in [2.45, 2.75) is 5.03 Å². The van der Waals surface area contributed by atoms with Crippen LogP contribution in [0.25, 0.3) is 0 Å². The SMILES string of the molecule is NS(=O)(=O)c1ccc(Cl)nn1. The molecular weight excluding hydrogens is 190 g/mol. The highest BCUT2D eigenvalue weighted by molar-refractivity contribution is 7.89. The Morgan fingerprint density at radius 1 is 1.36 bits per heavy atom. The van der Waals surface area contributed by atoms with Crippen molar-refractivity contribution in [3.63, 3.8) is 0 Å². The van der Waals surface area contributed by atoms with Crippen LogP contribution in [0.4, 0.5) is 0 Å². The van der Waals surface area contributed by atoms with Crippen molar-refractivity contribution >= 4 is 21.6 Å². The summed E-state index contributed by atoms with van der Waals surface area (Å²) >= 11 is 5.35. The molecule has 0 saturated carbocycles. The largest absolute Gasteiger partial charge is 0.257 e. The van der Waals surface area contributed by atoms with Crippen LogP contribution in [0.5, 0.6) is 0 Å². The van der Waals surface area contributed by atoms with Gasteiger partial charge >= 0.3 is 0 Å². The standard InChI is InChI=1S/C4H4ClN3O2S/c5-3-1-2-4(8-7-3)11(6,9)10/h1-2H,(H2,6,9,10). The maximum atomic E-state index is 10.6. The molecule has 0 aliphatic heterocycles. The number of aromatic nitrogens is 2. The van der Waals surface area contributed by atoms with Crippen LogP contribution in [0.3, 0.4) is 0 Å². The number of hydrogen-bond acceptors (Lipinski definition) is 4. The number of rotatable bonds is 1. The minimum Gasteiger partial charge on any atom is -0.223 e. The van der Waals surface area contributed by atoms with E-state index in [1.165, 1.54) is 12.1 Å². The first-order valence-corrected chi connectivity index (χ1v) is 4.44. The summed E-state index contributed by atoms with van der Waals surface area (Å²) in [5.74, 6) is 0. The summed E-state index contributed by atoms with van der Waals surface area (Å²) in [6.45, 7) is 0. The first kappa shape index (κ1) is 8.38. The van der Waals surface area contributed by atoms with E-state index in [2.05, 4.69) is 10.2 Å². The number of halogens is 1. The van der Waals surface area contributed by atoms with Gasteiger partial charge in [0.1, 0.15) is 0 Å². The molecule has 2 N–H and O–H groups in total. The van der Waals surface area contributed by atoms with E-state index in [0.717, 1.165) is 0 Å². The highest BCUT2D eigenvalue weighted by Gasteiger charge is 2.08. The summed E-state index contributed by atoms with van der Waals surface area (Å²) in [6, 6.07) is 2.49. The zero-order chi connectivity index (χ0) is 8.48. The molecule has 0 aliphatic rings. The minimum absolute atomic E-state index is 0.123. The molecule has 1 aromatic heterocycles. The number of primary sulfonamides is 1. The van der Waals surface area contributed by atoms with Crippen molar-refractivity contribution in [2.24, 2.45) is 5.14 Å². The Morgan fingerprint density at radius 2 is 2.00 bits per heavy atom. The Labute approximate surface area is 68.2 Å². The third-order valence-electron chi connectivity index (χ3n) is 0.899. The van der Waals surface area contributed by atoms with Gasteiger partial charge in [0.05, 0.1) is 0 Å². The number of nitrogens with two attached hydrogens (primary N) is 1. The number of hydrogen-bond donors (Lipinski definition) is 1. The van der Waals surface area contributed by atoms with E-state index in [1.807, 2.05) is 0 Å². The van der Waals surface area contributed by atoms with Gasteiger partial charge in [-0.1, -0.05) is 11.6 Å². The summed E-state index contributed by atoms with van der Waals surface area (Å²) in [4.78, 5) is 0. The van der Waals surface area contributed by atoms with Gasteiger partial charge < -0.3 is 0 Å². The lowest BCUT2D eigenvalue weighted by Crippen LogP contribution is -2.14. The van der Waals surface area contributed by atoms with Gasteiger partial charge in [0.2, 0.25) is 0 Å². The van der Waals surface area contributed by atoms with Gasteiger partial charge in [-0.05, 0) is 12.1 Å². The molecule has 1 rings (SSSR count). The molecular formula is C4H4ClN3O2S. The predicted molar refractivity (Wildman–Crippen MR) is 38.4 cm³/mol. The van der Waals surface area contributed by atoms with E-state index < -0.39 is 10.0 Å². The van der Waals surface area contributed by atoms with Crippen LogP contribution in [0.2, 0.25) is 5.15 Å². The summed E-state index contributed by atoms with van der Waals surface area (Å²) in [7, 11) is -3.75. The molecule has 5 nitrogen and oxygen atoms in total. The Morgan fingerprint density at radius 3 is 2.36 bits per heavy atom. The third kappa shape index (κ3) is 2.11. The molecule has 0 fully saturated rings. The molecule has 11 heavy (non-hydrogen) atoms. The molecule has 0 amide bonds. The Bertz CT molecular complexity index is 346. The molecule has 0 spiro atoms. The molecule has 0 radical (unpaired) electrons. The smallest absolute Gasteiger partial charge is 0.223 e. The first-order valence-electron chi connectivity index (χ1n) is 2.52. The van der Waals surface area contributed by atoms with Crippen LogP contribution >= 0.6 is 11.6 Å². The molecule has 0 aliphatic carbocycles. The van der Waals surface area contributed by atoms with Crippen LogP contribution in [0.1, 0.15) is 0 Å². The van der Waals surface area contributed by atoms with E-state index in [-0.39, 0.29) is 10.2 Å². The van der Waals surface area contributed by atoms with E-state index in [1.54, 1.807) is 0 Å². The Kier molecular flexibility index (Phi) is 2.08. The van der Waals surface area contributed by atoms with Gasteiger partial charge in [-0.2, -0.15) is 0 Å². The van der Waals surface area contributed by atoms with Crippen molar-refractivity contribution < 1.29 is 8.42 Å². The maximum Gasteiger partial charge on any atom is 0.257 e.